The lowest BCUT2D eigenvalue weighted by atomic mass is 9.61. The molecule has 154 valence electrons. The topological polar surface area (TPSA) is 52.6 Å². The van der Waals surface area contributed by atoms with Gasteiger partial charge in [-0.1, -0.05) is 84.9 Å². The van der Waals surface area contributed by atoms with E-state index in [0.29, 0.717) is 0 Å². The molecule has 2 fully saturated rings. The number of esters is 2. The van der Waals surface area contributed by atoms with Crippen LogP contribution in [0, 0.1) is 11.8 Å². The summed E-state index contributed by atoms with van der Waals surface area (Å²) in [5.41, 5.74) is 1.38. The Balaban J connectivity index is 1.66. The van der Waals surface area contributed by atoms with Crippen molar-refractivity contribution in [3.63, 3.8) is 0 Å². The Morgan fingerprint density at radius 3 is 1.41 bits per heavy atom. The summed E-state index contributed by atoms with van der Waals surface area (Å²) in [6.07, 6.45) is 0. The van der Waals surface area contributed by atoms with Crippen molar-refractivity contribution in [1.82, 2.24) is 0 Å². The number of fused-ring (bicyclic) bond motifs is 9. The molecule has 2 saturated heterocycles. The average molecular weight is 418 g/mol. The third-order valence-corrected chi connectivity index (χ3v) is 7.33. The quantitative estimate of drug-likeness (QED) is 0.350. The first-order valence-corrected chi connectivity index (χ1v) is 10.8. The number of benzene rings is 4. The molecule has 3 aliphatic rings. The molecule has 0 unspecified atom stereocenters. The molecule has 2 bridgehead atoms. The Morgan fingerprint density at radius 1 is 0.562 bits per heavy atom. The Morgan fingerprint density at radius 2 is 0.969 bits per heavy atom. The molecule has 4 aromatic carbocycles. The monoisotopic (exact) mass is 418 g/mol. The third kappa shape index (κ3) is 1.92. The molecule has 4 heteroatoms. The molecule has 4 nitrogen and oxygen atoms in total. The molecule has 3 heterocycles. The van der Waals surface area contributed by atoms with Crippen LogP contribution in [0.15, 0.2) is 97.1 Å². The van der Waals surface area contributed by atoms with Gasteiger partial charge in [-0.25, -0.2) is 0 Å². The van der Waals surface area contributed by atoms with E-state index in [1.165, 1.54) is 0 Å². The second-order valence-electron chi connectivity index (χ2n) is 8.75. The molecule has 0 aromatic heterocycles. The van der Waals surface area contributed by atoms with Gasteiger partial charge in [-0.3, -0.25) is 9.59 Å². The Kier molecular flexibility index (Phi) is 3.31. The van der Waals surface area contributed by atoms with Crippen molar-refractivity contribution in [3.8, 4) is 0 Å². The van der Waals surface area contributed by atoms with Crippen LogP contribution in [0.4, 0.5) is 0 Å². The number of hydrogen-bond donors (Lipinski definition) is 0. The zero-order valence-corrected chi connectivity index (χ0v) is 17.0. The van der Waals surface area contributed by atoms with E-state index in [0.717, 1.165) is 33.0 Å². The predicted molar refractivity (Wildman–Crippen MR) is 118 cm³/mol. The zero-order chi connectivity index (χ0) is 21.5. The minimum absolute atomic E-state index is 0.513. The van der Waals surface area contributed by atoms with E-state index in [1.807, 2.05) is 72.8 Å². The molecule has 4 aromatic rings. The lowest BCUT2D eigenvalue weighted by Crippen LogP contribution is -2.42. The summed E-state index contributed by atoms with van der Waals surface area (Å²) in [5.74, 6) is -2.52. The van der Waals surface area contributed by atoms with E-state index in [1.54, 1.807) is 0 Å². The van der Waals surface area contributed by atoms with Crippen molar-refractivity contribution in [1.29, 1.82) is 0 Å². The molecule has 7 rings (SSSR count). The van der Waals surface area contributed by atoms with Crippen LogP contribution in [0.5, 0.6) is 0 Å². The smallest absolute Gasteiger partial charge is 0.321 e. The van der Waals surface area contributed by atoms with E-state index >= 15 is 0 Å². The highest BCUT2D eigenvalue weighted by atomic mass is 16.6. The van der Waals surface area contributed by atoms with Crippen molar-refractivity contribution >= 4 is 22.7 Å². The fourth-order valence-electron chi connectivity index (χ4n) is 6.14. The molecule has 3 aliphatic heterocycles. The van der Waals surface area contributed by atoms with Crippen LogP contribution in [0.1, 0.15) is 22.3 Å². The maximum atomic E-state index is 13.2. The third-order valence-electron chi connectivity index (χ3n) is 7.33. The van der Waals surface area contributed by atoms with Gasteiger partial charge >= 0.3 is 11.9 Å². The number of hydrogen-bond acceptors (Lipinski definition) is 4. The average Bonchev–Trinajstić information content (AvgIpc) is 3.44. The second kappa shape index (κ2) is 5.93. The van der Waals surface area contributed by atoms with Gasteiger partial charge in [0.25, 0.3) is 0 Å². The molecule has 0 aliphatic carbocycles. The number of cyclic esters (lactones) is 2. The molecular formula is C28H18O4. The van der Waals surface area contributed by atoms with Crippen LogP contribution in [0.25, 0.3) is 10.8 Å². The van der Waals surface area contributed by atoms with Crippen molar-refractivity contribution in [2.75, 3.05) is 0 Å². The summed E-state index contributed by atoms with van der Waals surface area (Å²) in [6, 6.07) is 31.9. The highest BCUT2D eigenvalue weighted by molar-refractivity contribution is 6.01. The van der Waals surface area contributed by atoms with Crippen LogP contribution >= 0.6 is 0 Å². The molecule has 4 atom stereocenters. The van der Waals surface area contributed by atoms with Crippen molar-refractivity contribution < 1.29 is 19.1 Å². The molecule has 0 saturated carbocycles. The molecule has 0 N–H and O–H groups in total. The van der Waals surface area contributed by atoms with Gasteiger partial charge in [0.2, 0.25) is 0 Å². The van der Waals surface area contributed by atoms with E-state index in [2.05, 4.69) is 24.3 Å². The van der Waals surface area contributed by atoms with E-state index < -0.39 is 35.0 Å². The minimum Gasteiger partial charge on any atom is -0.392 e. The van der Waals surface area contributed by atoms with Crippen LogP contribution in [0.2, 0.25) is 0 Å². The van der Waals surface area contributed by atoms with Crippen LogP contribution < -0.4 is 0 Å². The van der Waals surface area contributed by atoms with Gasteiger partial charge in [-0.2, -0.15) is 0 Å². The maximum absolute atomic E-state index is 13.2. The maximum Gasteiger partial charge on any atom is 0.321 e. The molecular weight excluding hydrogens is 400 g/mol. The SMILES string of the molecule is O=C1OC(=O)[C@H]2[C@@H]1[C@@]1(c3ccccc3)O[C@@]2(c2ccccc2)c2cc3ccccc3cc21. The van der Waals surface area contributed by atoms with Crippen LogP contribution in [-0.2, 0) is 30.3 Å². The fourth-order valence-corrected chi connectivity index (χ4v) is 6.14. The zero-order valence-electron chi connectivity index (χ0n) is 17.0. The van der Waals surface area contributed by atoms with E-state index in [9.17, 15) is 9.59 Å². The Bertz CT molecular complexity index is 1320. The predicted octanol–water partition coefficient (Wildman–Crippen LogP) is 4.69. The minimum atomic E-state index is -1.09. The molecule has 32 heavy (non-hydrogen) atoms. The van der Waals surface area contributed by atoms with Crippen molar-refractivity contribution in [2.24, 2.45) is 11.8 Å². The molecule has 0 spiro atoms. The highest BCUT2D eigenvalue weighted by Crippen LogP contribution is 2.70. The van der Waals surface area contributed by atoms with Gasteiger partial charge < -0.3 is 9.47 Å². The lowest BCUT2D eigenvalue weighted by molar-refractivity contribution is -0.162. The highest BCUT2D eigenvalue weighted by Gasteiger charge is 2.78. The summed E-state index contributed by atoms with van der Waals surface area (Å²) in [4.78, 5) is 26.3. The Labute approximate surface area is 184 Å². The standard InChI is InChI=1S/C28H18O4/c29-25-23-24(26(30)31-25)28(20-13-5-2-6-14-20)22-16-18-10-8-7-9-17(18)15-21(22)27(23,32-28)19-11-3-1-4-12-19/h1-16,23-24H/t23-,24+,27-,28-/m0/s1. The fraction of sp³-hybridized carbons (Fsp3) is 0.143. The number of carbonyl (C=O) groups excluding carboxylic acids is 2. The molecule has 0 amide bonds. The Hall–Kier alpha value is -3.76. The summed E-state index contributed by atoms with van der Waals surface area (Å²) >= 11 is 0. The number of rotatable bonds is 2. The van der Waals surface area contributed by atoms with Crippen molar-refractivity contribution in [3.05, 3.63) is 119 Å². The summed E-state index contributed by atoms with van der Waals surface area (Å²) in [6.45, 7) is 0. The summed E-state index contributed by atoms with van der Waals surface area (Å²) < 4.78 is 12.3. The second-order valence-corrected chi connectivity index (χ2v) is 8.75. The van der Waals surface area contributed by atoms with Crippen LogP contribution in [-0.4, -0.2) is 11.9 Å². The van der Waals surface area contributed by atoms with Crippen molar-refractivity contribution in [2.45, 2.75) is 11.2 Å². The summed E-state index contributed by atoms with van der Waals surface area (Å²) in [7, 11) is 0. The first kappa shape index (κ1) is 17.9. The van der Waals surface area contributed by atoms with Gasteiger partial charge in [0.1, 0.15) is 23.0 Å². The van der Waals surface area contributed by atoms with Gasteiger partial charge in [0.05, 0.1) is 0 Å². The first-order valence-electron chi connectivity index (χ1n) is 10.8. The molecule has 0 radical (unpaired) electrons. The van der Waals surface area contributed by atoms with E-state index in [-0.39, 0.29) is 0 Å². The van der Waals surface area contributed by atoms with Gasteiger partial charge in [-0.05, 0) is 45.2 Å². The number of carbonyl (C=O) groups is 2. The van der Waals surface area contributed by atoms with E-state index in [4.69, 9.17) is 9.47 Å². The van der Waals surface area contributed by atoms with Crippen LogP contribution in [0.3, 0.4) is 0 Å². The van der Waals surface area contributed by atoms with Gasteiger partial charge in [0, 0.05) is 0 Å². The number of ether oxygens (including phenoxy) is 2. The largest absolute Gasteiger partial charge is 0.392 e. The summed E-state index contributed by atoms with van der Waals surface area (Å²) in [5, 5.41) is 2.13. The first-order chi connectivity index (χ1) is 15.7. The van der Waals surface area contributed by atoms with Gasteiger partial charge in [0.15, 0.2) is 0 Å². The van der Waals surface area contributed by atoms with Gasteiger partial charge in [-0.15, -0.1) is 0 Å². The normalized spacial score (nSPS) is 29.8. The lowest BCUT2D eigenvalue weighted by Gasteiger charge is -2.34.